The van der Waals surface area contributed by atoms with Gasteiger partial charge in [-0.05, 0) is 61.7 Å². The number of benzene rings is 2. The van der Waals surface area contributed by atoms with Gasteiger partial charge in [0.25, 0.3) is 0 Å². The van der Waals surface area contributed by atoms with Crippen LogP contribution in [0, 0.1) is 6.92 Å². The van der Waals surface area contributed by atoms with Gasteiger partial charge in [0.05, 0.1) is 0 Å². The van der Waals surface area contributed by atoms with Gasteiger partial charge in [-0.2, -0.15) is 0 Å². The molecule has 0 saturated heterocycles. The van der Waals surface area contributed by atoms with Gasteiger partial charge in [-0.25, -0.2) is 0 Å². The van der Waals surface area contributed by atoms with Gasteiger partial charge < -0.3 is 10.6 Å². The van der Waals surface area contributed by atoms with Crippen molar-refractivity contribution in [1.82, 2.24) is 5.32 Å². The molecule has 2 N–H and O–H groups in total. The molecule has 0 radical (unpaired) electrons. The summed E-state index contributed by atoms with van der Waals surface area (Å²) in [4.78, 5) is 0. The van der Waals surface area contributed by atoms with E-state index in [-0.39, 0.29) is 0 Å². The summed E-state index contributed by atoms with van der Waals surface area (Å²) >= 11 is 11.4. The lowest BCUT2D eigenvalue weighted by atomic mass is 10.1. The molecule has 116 valence electrons. The lowest BCUT2D eigenvalue weighted by Crippen LogP contribution is -2.29. The van der Waals surface area contributed by atoms with Gasteiger partial charge in [-0.3, -0.25) is 0 Å². The van der Waals surface area contributed by atoms with E-state index in [0.717, 1.165) is 42.1 Å². The summed E-state index contributed by atoms with van der Waals surface area (Å²) in [6.07, 6.45) is 3.34. The highest BCUT2D eigenvalue weighted by atomic mass is 35.5. The number of aryl methyl sites for hydroxylation is 1. The number of thiocarbonyl (C=S) groups is 1. The average molecular weight is 333 g/mol. The molecule has 0 aliphatic heterocycles. The van der Waals surface area contributed by atoms with Gasteiger partial charge in [0, 0.05) is 17.3 Å². The Morgan fingerprint density at radius 2 is 1.82 bits per heavy atom. The van der Waals surface area contributed by atoms with Crippen molar-refractivity contribution >= 4 is 34.6 Å². The summed E-state index contributed by atoms with van der Waals surface area (Å²) in [6.45, 7) is 2.85. The Morgan fingerprint density at radius 1 is 1.05 bits per heavy atom. The molecule has 2 aromatic carbocycles. The van der Waals surface area contributed by atoms with Gasteiger partial charge >= 0.3 is 0 Å². The van der Waals surface area contributed by atoms with Crippen molar-refractivity contribution in [2.45, 2.75) is 26.2 Å². The molecule has 0 atom stereocenters. The third kappa shape index (κ3) is 5.32. The van der Waals surface area contributed by atoms with E-state index in [0.29, 0.717) is 5.11 Å². The van der Waals surface area contributed by atoms with E-state index in [1.54, 1.807) is 0 Å². The second-order valence-corrected chi connectivity index (χ2v) is 6.05. The second kappa shape index (κ2) is 8.76. The maximum absolute atomic E-state index is 6.10. The summed E-state index contributed by atoms with van der Waals surface area (Å²) in [5.74, 6) is 0. The molecule has 0 fully saturated rings. The van der Waals surface area contributed by atoms with Crippen LogP contribution in [-0.2, 0) is 6.42 Å². The molecular formula is C18H21ClN2S. The van der Waals surface area contributed by atoms with Crippen LogP contribution in [0.3, 0.4) is 0 Å². The SMILES string of the molecule is Cc1c(Cl)cccc1NC(=S)NCCCCc1ccccc1. The Hall–Kier alpha value is -1.58. The first kappa shape index (κ1) is 16.8. The maximum atomic E-state index is 6.10. The van der Waals surface area contributed by atoms with Crippen LogP contribution in [0.1, 0.15) is 24.0 Å². The molecule has 0 aromatic heterocycles. The zero-order chi connectivity index (χ0) is 15.8. The first-order valence-corrected chi connectivity index (χ1v) is 8.29. The Morgan fingerprint density at radius 3 is 2.59 bits per heavy atom. The van der Waals surface area contributed by atoms with E-state index >= 15 is 0 Å². The van der Waals surface area contributed by atoms with Crippen LogP contribution in [0.4, 0.5) is 5.69 Å². The summed E-state index contributed by atoms with van der Waals surface area (Å²) in [5.41, 5.74) is 3.35. The fourth-order valence-electron chi connectivity index (χ4n) is 2.21. The van der Waals surface area contributed by atoms with Gasteiger partial charge in [-0.15, -0.1) is 0 Å². The fourth-order valence-corrected chi connectivity index (χ4v) is 2.60. The highest BCUT2D eigenvalue weighted by molar-refractivity contribution is 7.80. The monoisotopic (exact) mass is 332 g/mol. The van der Waals surface area contributed by atoms with Crippen LogP contribution in [-0.4, -0.2) is 11.7 Å². The fraction of sp³-hybridized carbons (Fsp3) is 0.278. The molecule has 0 saturated carbocycles. The van der Waals surface area contributed by atoms with E-state index in [1.807, 2.05) is 31.2 Å². The highest BCUT2D eigenvalue weighted by Gasteiger charge is 2.03. The van der Waals surface area contributed by atoms with Crippen LogP contribution >= 0.6 is 23.8 Å². The second-order valence-electron chi connectivity index (χ2n) is 5.24. The zero-order valence-electron chi connectivity index (χ0n) is 12.7. The number of unbranched alkanes of at least 4 members (excludes halogenated alkanes) is 1. The van der Waals surface area contributed by atoms with Crippen molar-refractivity contribution in [2.24, 2.45) is 0 Å². The molecule has 2 nitrogen and oxygen atoms in total. The topological polar surface area (TPSA) is 24.1 Å². The number of hydrogen-bond acceptors (Lipinski definition) is 1. The van der Waals surface area contributed by atoms with E-state index in [9.17, 15) is 0 Å². The van der Waals surface area contributed by atoms with Crippen molar-refractivity contribution < 1.29 is 0 Å². The molecule has 0 spiro atoms. The smallest absolute Gasteiger partial charge is 0.170 e. The molecule has 22 heavy (non-hydrogen) atoms. The van der Waals surface area contributed by atoms with Crippen LogP contribution in [0.5, 0.6) is 0 Å². The number of rotatable bonds is 6. The molecule has 0 amide bonds. The Labute approximate surface area is 142 Å². The molecule has 0 bridgehead atoms. The van der Waals surface area contributed by atoms with E-state index in [1.165, 1.54) is 5.56 Å². The normalized spacial score (nSPS) is 10.3. The van der Waals surface area contributed by atoms with E-state index in [2.05, 4.69) is 34.9 Å². The van der Waals surface area contributed by atoms with Crippen LogP contribution in [0.2, 0.25) is 5.02 Å². The molecular weight excluding hydrogens is 312 g/mol. The summed E-state index contributed by atoms with van der Waals surface area (Å²) in [5, 5.41) is 7.83. The van der Waals surface area contributed by atoms with Gasteiger partial charge in [0.15, 0.2) is 5.11 Å². The lowest BCUT2D eigenvalue weighted by Gasteiger charge is -2.13. The average Bonchev–Trinajstić information content (AvgIpc) is 2.52. The third-order valence-corrected chi connectivity index (χ3v) is 4.19. The van der Waals surface area contributed by atoms with Crippen LogP contribution in [0.25, 0.3) is 0 Å². The molecule has 0 heterocycles. The predicted molar refractivity (Wildman–Crippen MR) is 99.8 cm³/mol. The largest absolute Gasteiger partial charge is 0.362 e. The quantitative estimate of drug-likeness (QED) is 0.577. The minimum Gasteiger partial charge on any atom is -0.362 e. The van der Waals surface area contributed by atoms with Gasteiger partial charge in [0.2, 0.25) is 0 Å². The standard InChI is InChI=1S/C18H21ClN2S/c1-14-16(19)11-7-12-17(14)21-18(22)20-13-6-5-10-15-8-3-2-4-9-15/h2-4,7-9,11-12H,5-6,10,13H2,1H3,(H2,20,21,22). The summed E-state index contributed by atoms with van der Waals surface area (Å²) in [7, 11) is 0. The van der Waals surface area contributed by atoms with Crippen LogP contribution < -0.4 is 10.6 Å². The van der Waals surface area contributed by atoms with Crippen molar-refractivity contribution in [3.05, 3.63) is 64.7 Å². The Kier molecular flexibility index (Phi) is 6.69. The lowest BCUT2D eigenvalue weighted by molar-refractivity contribution is 0.711. The van der Waals surface area contributed by atoms with Crippen molar-refractivity contribution in [1.29, 1.82) is 0 Å². The molecule has 0 aliphatic carbocycles. The van der Waals surface area contributed by atoms with Crippen molar-refractivity contribution in [3.8, 4) is 0 Å². The van der Waals surface area contributed by atoms with Gasteiger partial charge in [-0.1, -0.05) is 48.0 Å². The molecule has 2 rings (SSSR count). The molecule has 2 aromatic rings. The van der Waals surface area contributed by atoms with Crippen molar-refractivity contribution in [2.75, 3.05) is 11.9 Å². The number of hydrogen-bond donors (Lipinski definition) is 2. The van der Waals surface area contributed by atoms with Crippen molar-refractivity contribution in [3.63, 3.8) is 0 Å². The number of halogens is 1. The number of anilines is 1. The Bertz CT molecular complexity index is 614. The van der Waals surface area contributed by atoms with Crippen LogP contribution in [0.15, 0.2) is 48.5 Å². The summed E-state index contributed by atoms with van der Waals surface area (Å²) < 4.78 is 0. The summed E-state index contributed by atoms with van der Waals surface area (Å²) in [6, 6.07) is 16.3. The molecule has 4 heteroatoms. The highest BCUT2D eigenvalue weighted by Crippen LogP contribution is 2.22. The zero-order valence-corrected chi connectivity index (χ0v) is 14.3. The minimum atomic E-state index is 0.644. The van der Waals surface area contributed by atoms with E-state index in [4.69, 9.17) is 23.8 Å². The first-order chi connectivity index (χ1) is 10.7. The van der Waals surface area contributed by atoms with E-state index < -0.39 is 0 Å². The predicted octanol–water partition coefficient (Wildman–Crippen LogP) is 4.96. The first-order valence-electron chi connectivity index (χ1n) is 7.50. The maximum Gasteiger partial charge on any atom is 0.170 e. The minimum absolute atomic E-state index is 0.644. The third-order valence-electron chi connectivity index (χ3n) is 3.54. The molecule has 0 unspecified atom stereocenters. The van der Waals surface area contributed by atoms with Gasteiger partial charge in [0.1, 0.15) is 0 Å². The Balaban J connectivity index is 1.67. The number of nitrogens with one attached hydrogen (secondary N) is 2. The molecule has 0 aliphatic rings.